The Morgan fingerprint density at radius 3 is 2.52 bits per heavy atom. The van der Waals surface area contributed by atoms with Gasteiger partial charge in [-0.3, -0.25) is 4.79 Å². The largest absolute Gasteiger partial charge is 0.416 e. The zero-order valence-corrected chi connectivity index (χ0v) is 13.8. The molecule has 0 aliphatic carbocycles. The van der Waals surface area contributed by atoms with Crippen LogP contribution in [0.25, 0.3) is 0 Å². The van der Waals surface area contributed by atoms with Gasteiger partial charge in [-0.05, 0) is 35.9 Å². The van der Waals surface area contributed by atoms with E-state index >= 15 is 0 Å². The summed E-state index contributed by atoms with van der Waals surface area (Å²) in [7, 11) is 0. The number of carbonyl (C=O) groups excluding carboxylic acids is 1. The van der Waals surface area contributed by atoms with Crippen molar-refractivity contribution >= 4 is 17.5 Å². The molecule has 0 aromatic heterocycles. The quantitative estimate of drug-likeness (QED) is 0.776. The van der Waals surface area contributed by atoms with Gasteiger partial charge >= 0.3 is 6.18 Å². The van der Waals surface area contributed by atoms with E-state index in [-0.39, 0.29) is 12.5 Å². The molecule has 1 heterocycles. The van der Waals surface area contributed by atoms with E-state index in [0.29, 0.717) is 29.3 Å². The molecule has 2 aromatic carbocycles. The SMILES string of the molecule is O=C(c1cccc(Cl)c1)N1CCOC(c2ccc(C(F)(F)F)cc2)C1. The minimum atomic E-state index is -4.37. The maximum absolute atomic E-state index is 12.7. The third-order valence-corrected chi connectivity index (χ3v) is 4.27. The van der Waals surface area contributed by atoms with Crippen LogP contribution < -0.4 is 0 Å². The number of morpholine rings is 1. The molecule has 0 spiro atoms. The lowest BCUT2D eigenvalue weighted by molar-refractivity contribution is -0.137. The number of ether oxygens (including phenoxy) is 1. The van der Waals surface area contributed by atoms with Gasteiger partial charge in [-0.2, -0.15) is 13.2 Å². The predicted molar refractivity (Wildman–Crippen MR) is 87.5 cm³/mol. The second-order valence-electron chi connectivity index (χ2n) is 5.74. The van der Waals surface area contributed by atoms with E-state index in [1.165, 1.54) is 12.1 Å². The average Bonchev–Trinajstić information content (AvgIpc) is 2.60. The van der Waals surface area contributed by atoms with E-state index in [1.54, 1.807) is 29.2 Å². The van der Waals surface area contributed by atoms with Crippen molar-refractivity contribution in [3.63, 3.8) is 0 Å². The molecule has 132 valence electrons. The first kappa shape index (κ1) is 17.8. The first-order chi connectivity index (χ1) is 11.8. The Morgan fingerprint density at radius 1 is 1.16 bits per heavy atom. The summed E-state index contributed by atoms with van der Waals surface area (Å²) in [5.41, 5.74) is 0.371. The average molecular weight is 370 g/mol. The number of benzene rings is 2. The van der Waals surface area contributed by atoms with E-state index in [2.05, 4.69) is 0 Å². The first-order valence-electron chi connectivity index (χ1n) is 7.68. The molecule has 7 heteroatoms. The molecule has 1 aliphatic rings. The normalized spacial score (nSPS) is 18.2. The summed E-state index contributed by atoms with van der Waals surface area (Å²) in [5, 5.41) is 0.471. The highest BCUT2D eigenvalue weighted by Gasteiger charge is 2.31. The second kappa shape index (κ2) is 7.06. The third kappa shape index (κ3) is 4.14. The van der Waals surface area contributed by atoms with Gasteiger partial charge in [0.15, 0.2) is 0 Å². The number of alkyl halides is 3. The Morgan fingerprint density at radius 2 is 1.88 bits per heavy atom. The molecule has 25 heavy (non-hydrogen) atoms. The zero-order chi connectivity index (χ0) is 18.0. The van der Waals surface area contributed by atoms with Crippen LogP contribution in [0.5, 0.6) is 0 Å². The predicted octanol–water partition coefficient (Wildman–Crippen LogP) is 4.57. The van der Waals surface area contributed by atoms with Crippen LogP contribution in [0.1, 0.15) is 27.6 Å². The van der Waals surface area contributed by atoms with Crippen LogP contribution in [-0.4, -0.2) is 30.5 Å². The van der Waals surface area contributed by atoms with Crippen LogP contribution >= 0.6 is 11.6 Å². The minimum Gasteiger partial charge on any atom is -0.370 e. The van der Waals surface area contributed by atoms with Gasteiger partial charge in [0.25, 0.3) is 5.91 Å². The third-order valence-electron chi connectivity index (χ3n) is 4.04. The molecule has 1 atom stereocenters. The number of nitrogens with zero attached hydrogens (tertiary/aromatic N) is 1. The zero-order valence-electron chi connectivity index (χ0n) is 13.1. The molecular weight excluding hydrogens is 355 g/mol. The Balaban J connectivity index is 1.74. The summed E-state index contributed by atoms with van der Waals surface area (Å²) in [6.45, 7) is 1.01. The molecule has 1 fully saturated rings. The Kier molecular flexibility index (Phi) is 5.01. The van der Waals surface area contributed by atoms with E-state index in [0.717, 1.165) is 12.1 Å². The monoisotopic (exact) mass is 369 g/mol. The van der Waals surface area contributed by atoms with Crippen molar-refractivity contribution in [1.82, 2.24) is 4.90 Å². The van der Waals surface area contributed by atoms with E-state index in [4.69, 9.17) is 16.3 Å². The van der Waals surface area contributed by atoms with Crippen LogP contribution in [0, 0.1) is 0 Å². The number of hydrogen-bond acceptors (Lipinski definition) is 2. The van der Waals surface area contributed by atoms with Gasteiger partial charge in [0, 0.05) is 17.1 Å². The van der Waals surface area contributed by atoms with Crippen LogP contribution in [-0.2, 0) is 10.9 Å². The molecule has 3 nitrogen and oxygen atoms in total. The Hall–Kier alpha value is -2.05. The fraction of sp³-hybridized carbons (Fsp3) is 0.278. The fourth-order valence-electron chi connectivity index (χ4n) is 2.73. The standard InChI is InChI=1S/C18H15ClF3NO2/c19-15-3-1-2-13(10-15)17(24)23-8-9-25-16(11-23)12-4-6-14(7-5-12)18(20,21)22/h1-7,10,16H,8-9,11H2. The summed E-state index contributed by atoms with van der Waals surface area (Å²) in [6, 6.07) is 11.5. The van der Waals surface area contributed by atoms with E-state index in [9.17, 15) is 18.0 Å². The van der Waals surface area contributed by atoms with Crippen LogP contribution in [0.4, 0.5) is 13.2 Å². The molecule has 0 bridgehead atoms. The summed E-state index contributed by atoms with van der Waals surface area (Å²) in [6.07, 6.45) is -4.83. The number of carbonyl (C=O) groups is 1. The van der Waals surface area contributed by atoms with Crippen LogP contribution in [0.3, 0.4) is 0 Å². The van der Waals surface area contributed by atoms with Gasteiger partial charge in [-0.25, -0.2) is 0 Å². The summed E-state index contributed by atoms with van der Waals surface area (Å²) in [4.78, 5) is 14.2. The van der Waals surface area contributed by atoms with Crippen molar-refractivity contribution in [3.8, 4) is 0 Å². The molecule has 1 amide bonds. The number of hydrogen-bond donors (Lipinski definition) is 0. The topological polar surface area (TPSA) is 29.5 Å². The van der Waals surface area contributed by atoms with E-state index in [1.807, 2.05) is 0 Å². The molecule has 1 aliphatic heterocycles. The number of halogens is 4. The van der Waals surface area contributed by atoms with Crippen LogP contribution in [0.15, 0.2) is 48.5 Å². The van der Waals surface area contributed by atoms with Crippen LogP contribution in [0.2, 0.25) is 5.02 Å². The second-order valence-corrected chi connectivity index (χ2v) is 6.18. The van der Waals surface area contributed by atoms with Crippen molar-refractivity contribution in [1.29, 1.82) is 0 Å². The highest BCUT2D eigenvalue weighted by molar-refractivity contribution is 6.30. The van der Waals surface area contributed by atoms with Gasteiger partial charge in [-0.15, -0.1) is 0 Å². The molecule has 0 radical (unpaired) electrons. The maximum atomic E-state index is 12.7. The minimum absolute atomic E-state index is 0.178. The Labute approximate surface area is 148 Å². The van der Waals surface area contributed by atoms with Gasteiger partial charge in [-0.1, -0.05) is 29.8 Å². The molecule has 0 saturated carbocycles. The van der Waals surface area contributed by atoms with E-state index < -0.39 is 17.8 Å². The number of amides is 1. The molecule has 2 aromatic rings. The van der Waals surface area contributed by atoms with Gasteiger partial charge in [0.2, 0.25) is 0 Å². The Bertz CT molecular complexity index is 762. The van der Waals surface area contributed by atoms with Crippen molar-refractivity contribution in [2.75, 3.05) is 19.7 Å². The van der Waals surface area contributed by atoms with Crippen molar-refractivity contribution in [2.24, 2.45) is 0 Å². The van der Waals surface area contributed by atoms with Crippen molar-refractivity contribution in [2.45, 2.75) is 12.3 Å². The fourth-order valence-corrected chi connectivity index (χ4v) is 2.92. The van der Waals surface area contributed by atoms with Gasteiger partial charge < -0.3 is 9.64 Å². The summed E-state index contributed by atoms with van der Waals surface area (Å²) >= 11 is 5.92. The van der Waals surface area contributed by atoms with Crippen molar-refractivity contribution in [3.05, 3.63) is 70.2 Å². The highest BCUT2D eigenvalue weighted by atomic mass is 35.5. The molecule has 1 saturated heterocycles. The highest BCUT2D eigenvalue weighted by Crippen LogP contribution is 2.31. The van der Waals surface area contributed by atoms with Crippen molar-refractivity contribution < 1.29 is 22.7 Å². The summed E-state index contributed by atoms with van der Waals surface area (Å²) in [5.74, 6) is -0.178. The van der Waals surface area contributed by atoms with Gasteiger partial charge in [0.05, 0.1) is 18.7 Å². The first-order valence-corrected chi connectivity index (χ1v) is 8.06. The molecule has 1 unspecified atom stereocenters. The molecule has 3 rings (SSSR count). The summed E-state index contributed by atoms with van der Waals surface area (Å²) < 4.78 is 43.6. The lowest BCUT2D eigenvalue weighted by atomic mass is 10.0. The smallest absolute Gasteiger partial charge is 0.370 e. The maximum Gasteiger partial charge on any atom is 0.416 e. The molecular formula is C18H15ClF3NO2. The van der Waals surface area contributed by atoms with Gasteiger partial charge in [0.1, 0.15) is 6.10 Å². The lowest BCUT2D eigenvalue weighted by Gasteiger charge is -2.33. The molecule has 0 N–H and O–H groups in total. The lowest BCUT2D eigenvalue weighted by Crippen LogP contribution is -2.42. The number of rotatable bonds is 2.